The zero-order chi connectivity index (χ0) is 64.3. The highest BCUT2D eigenvalue weighted by Gasteiger charge is 2.30. The van der Waals surface area contributed by atoms with Crippen molar-refractivity contribution in [2.24, 2.45) is 11.8 Å². The van der Waals surface area contributed by atoms with Gasteiger partial charge in [0.05, 0.1) is 26.4 Å². The van der Waals surface area contributed by atoms with Gasteiger partial charge in [-0.05, 0) is 37.5 Å². The van der Waals surface area contributed by atoms with E-state index in [1.807, 2.05) is 0 Å². The van der Waals surface area contributed by atoms with Crippen LogP contribution in [-0.2, 0) is 65.4 Å². The van der Waals surface area contributed by atoms with E-state index in [1.165, 1.54) is 154 Å². The van der Waals surface area contributed by atoms with E-state index >= 15 is 0 Å². The number of aliphatic hydroxyl groups excluding tert-OH is 1. The Balaban J connectivity index is 5.23. The van der Waals surface area contributed by atoms with Crippen LogP contribution in [0.5, 0.6) is 0 Å². The zero-order valence-electron chi connectivity index (χ0n) is 56.3. The molecule has 516 valence electrons. The SMILES string of the molecule is CCCCCCCCCCCCCC(=O)O[C@H](COC(=O)CCCCCCCCCC)COP(=O)(O)OC[C@H](O)COP(=O)(O)OC[C@@H](COC(=O)CCCCCCCCCCC(C)CC)OC(=O)CCCCCCCCCCCCCCCC(C)C. The lowest BCUT2D eigenvalue weighted by molar-refractivity contribution is -0.161. The largest absolute Gasteiger partial charge is 0.472 e. The van der Waals surface area contributed by atoms with E-state index in [0.29, 0.717) is 25.7 Å². The Morgan fingerprint density at radius 2 is 0.586 bits per heavy atom. The minimum absolute atomic E-state index is 0.107. The van der Waals surface area contributed by atoms with Crippen molar-refractivity contribution in [2.75, 3.05) is 39.6 Å². The fourth-order valence-corrected chi connectivity index (χ4v) is 11.8. The van der Waals surface area contributed by atoms with Crippen LogP contribution >= 0.6 is 15.6 Å². The van der Waals surface area contributed by atoms with Gasteiger partial charge < -0.3 is 33.8 Å². The molecule has 0 radical (unpaired) electrons. The first kappa shape index (κ1) is 85.1. The second-order valence-electron chi connectivity index (χ2n) is 25.3. The smallest absolute Gasteiger partial charge is 0.462 e. The maximum atomic E-state index is 13.0. The van der Waals surface area contributed by atoms with Gasteiger partial charge in [0.15, 0.2) is 12.2 Å². The van der Waals surface area contributed by atoms with Gasteiger partial charge in [-0.1, -0.05) is 292 Å². The lowest BCUT2D eigenvalue weighted by atomic mass is 9.99. The molecular formula is C68H132O17P2. The van der Waals surface area contributed by atoms with Gasteiger partial charge in [-0.2, -0.15) is 0 Å². The third kappa shape index (κ3) is 61.3. The van der Waals surface area contributed by atoms with Crippen molar-refractivity contribution in [3.05, 3.63) is 0 Å². The summed E-state index contributed by atoms with van der Waals surface area (Å²) in [5.41, 5.74) is 0. The molecule has 0 fully saturated rings. The summed E-state index contributed by atoms with van der Waals surface area (Å²) in [6.07, 6.45) is 44.3. The van der Waals surface area contributed by atoms with Crippen LogP contribution in [0.25, 0.3) is 0 Å². The number of ether oxygens (including phenoxy) is 4. The quantitative estimate of drug-likeness (QED) is 0.0222. The highest BCUT2D eigenvalue weighted by atomic mass is 31.2. The monoisotopic (exact) mass is 1280 g/mol. The maximum absolute atomic E-state index is 13.0. The van der Waals surface area contributed by atoms with E-state index in [2.05, 4.69) is 41.5 Å². The molecule has 0 aliphatic carbocycles. The molecule has 0 aromatic carbocycles. The van der Waals surface area contributed by atoms with Gasteiger partial charge >= 0.3 is 39.5 Å². The van der Waals surface area contributed by atoms with Crippen LogP contribution in [0.4, 0.5) is 0 Å². The van der Waals surface area contributed by atoms with Crippen LogP contribution in [0.2, 0.25) is 0 Å². The van der Waals surface area contributed by atoms with E-state index in [1.54, 1.807) is 0 Å². The van der Waals surface area contributed by atoms with Crippen LogP contribution in [0.3, 0.4) is 0 Å². The van der Waals surface area contributed by atoms with Crippen molar-refractivity contribution >= 4 is 39.5 Å². The number of hydrogen-bond donors (Lipinski definition) is 3. The number of carbonyl (C=O) groups is 4. The van der Waals surface area contributed by atoms with E-state index in [-0.39, 0.29) is 25.7 Å². The molecule has 0 spiro atoms. The van der Waals surface area contributed by atoms with E-state index < -0.39 is 97.5 Å². The minimum atomic E-state index is -4.95. The summed E-state index contributed by atoms with van der Waals surface area (Å²) in [5, 5.41) is 10.6. The summed E-state index contributed by atoms with van der Waals surface area (Å²) in [7, 11) is -9.89. The van der Waals surface area contributed by atoms with Crippen LogP contribution < -0.4 is 0 Å². The normalized spacial score (nSPS) is 14.5. The van der Waals surface area contributed by atoms with Crippen molar-refractivity contribution in [3.63, 3.8) is 0 Å². The van der Waals surface area contributed by atoms with Crippen molar-refractivity contribution < 1.29 is 80.2 Å². The Bertz CT molecular complexity index is 1700. The third-order valence-electron chi connectivity index (χ3n) is 16.1. The molecule has 3 unspecified atom stereocenters. The number of aliphatic hydroxyl groups is 1. The second-order valence-corrected chi connectivity index (χ2v) is 28.2. The molecule has 0 amide bonds. The summed E-state index contributed by atoms with van der Waals surface area (Å²) >= 11 is 0. The average Bonchev–Trinajstić information content (AvgIpc) is 3.70. The molecule has 87 heavy (non-hydrogen) atoms. The minimum Gasteiger partial charge on any atom is -0.462 e. The van der Waals surface area contributed by atoms with Gasteiger partial charge in [0.25, 0.3) is 0 Å². The topological polar surface area (TPSA) is 237 Å². The van der Waals surface area contributed by atoms with E-state index in [9.17, 15) is 43.2 Å². The zero-order valence-corrected chi connectivity index (χ0v) is 58.1. The van der Waals surface area contributed by atoms with Crippen molar-refractivity contribution in [2.45, 2.75) is 362 Å². The lowest BCUT2D eigenvalue weighted by Gasteiger charge is -2.21. The standard InChI is InChI=1S/C68H132O17P2/c1-7-10-12-14-16-18-22-26-34-40-46-52-67(72)84-63(56-78-65(70)50-44-38-32-17-15-13-11-8-2)58-82-86(74,75)80-54-62(69)55-81-87(76,77)83-59-64(57-79-66(71)51-45-39-33-29-28-31-37-43-49-61(6)9-3)85-68(73)53-47-41-35-27-24-21-19-20-23-25-30-36-42-48-60(4)5/h60-64,69H,7-59H2,1-6H3,(H,74,75)(H,76,77)/t61?,62-,63+,64+/m0/s1. The number of phosphoric acid groups is 2. The van der Waals surface area contributed by atoms with Gasteiger partial charge in [0, 0.05) is 25.7 Å². The fourth-order valence-electron chi connectivity index (χ4n) is 10.2. The molecule has 6 atom stereocenters. The first-order chi connectivity index (χ1) is 41.9. The summed E-state index contributed by atoms with van der Waals surface area (Å²) in [4.78, 5) is 72.4. The molecule has 0 rings (SSSR count). The highest BCUT2D eigenvalue weighted by Crippen LogP contribution is 2.45. The Kier molecular flexibility index (Phi) is 59.0. The fraction of sp³-hybridized carbons (Fsp3) is 0.941. The Morgan fingerprint density at radius 1 is 0.333 bits per heavy atom. The van der Waals surface area contributed by atoms with Gasteiger partial charge in [-0.25, -0.2) is 9.13 Å². The number of carbonyl (C=O) groups excluding carboxylic acids is 4. The van der Waals surface area contributed by atoms with Crippen LogP contribution in [0, 0.1) is 11.8 Å². The molecule has 0 bridgehead atoms. The number of unbranched alkanes of at least 4 members (excludes halogenated alkanes) is 36. The van der Waals surface area contributed by atoms with Gasteiger partial charge in [0.1, 0.15) is 19.3 Å². The number of rotatable bonds is 67. The molecule has 0 heterocycles. The highest BCUT2D eigenvalue weighted by molar-refractivity contribution is 7.47. The maximum Gasteiger partial charge on any atom is 0.472 e. The molecule has 0 aliphatic rings. The number of esters is 4. The first-order valence-electron chi connectivity index (χ1n) is 35.5. The van der Waals surface area contributed by atoms with Crippen molar-refractivity contribution in [1.29, 1.82) is 0 Å². The van der Waals surface area contributed by atoms with Gasteiger partial charge in [0.2, 0.25) is 0 Å². The summed E-state index contributed by atoms with van der Waals surface area (Å²) in [6, 6.07) is 0. The number of hydrogen-bond acceptors (Lipinski definition) is 15. The van der Waals surface area contributed by atoms with Gasteiger partial charge in [-0.15, -0.1) is 0 Å². The molecule has 19 heteroatoms. The molecule has 3 N–H and O–H groups in total. The summed E-state index contributed by atoms with van der Waals surface area (Å²) < 4.78 is 68.1. The molecular weight excluding hydrogens is 1150 g/mol. The molecule has 17 nitrogen and oxygen atoms in total. The third-order valence-corrected chi connectivity index (χ3v) is 18.0. The molecule has 0 aliphatic heterocycles. The van der Waals surface area contributed by atoms with Crippen LogP contribution in [0.15, 0.2) is 0 Å². The van der Waals surface area contributed by atoms with Crippen LogP contribution in [0.1, 0.15) is 343 Å². The molecule has 0 saturated carbocycles. The van der Waals surface area contributed by atoms with Crippen molar-refractivity contribution in [1.82, 2.24) is 0 Å². The average molecular weight is 1280 g/mol. The van der Waals surface area contributed by atoms with E-state index in [4.69, 9.17) is 37.0 Å². The Labute approximate surface area is 530 Å². The predicted molar refractivity (Wildman–Crippen MR) is 349 cm³/mol. The first-order valence-corrected chi connectivity index (χ1v) is 38.5. The second kappa shape index (κ2) is 60.3. The molecule has 0 aromatic heterocycles. The van der Waals surface area contributed by atoms with Gasteiger partial charge in [-0.3, -0.25) is 37.3 Å². The van der Waals surface area contributed by atoms with E-state index in [0.717, 1.165) is 108 Å². The number of phosphoric ester groups is 2. The summed E-state index contributed by atoms with van der Waals surface area (Å²) in [6.45, 7) is 9.52. The summed E-state index contributed by atoms with van der Waals surface area (Å²) in [5.74, 6) is -0.565. The Hall–Kier alpha value is -1.94. The Morgan fingerprint density at radius 3 is 0.874 bits per heavy atom. The van der Waals surface area contributed by atoms with Crippen molar-refractivity contribution in [3.8, 4) is 0 Å². The predicted octanol–water partition coefficient (Wildman–Crippen LogP) is 19.2. The molecule has 0 saturated heterocycles. The lowest BCUT2D eigenvalue weighted by Crippen LogP contribution is -2.30. The molecule has 0 aromatic rings. The van der Waals surface area contributed by atoms with Crippen LogP contribution in [-0.4, -0.2) is 96.7 Å².